The number of nitrogens with zero attached hydrogens (tertiary/aromatic N) is 1. The number of benzene rings is 1. The first kappa shape index (κ1) is 11.9. The van der Waals surface area contributed by atoms with Crippen molar-refractivity contribution in [2.75, 3.05) is 18.5 Å². The molecule has 1 aromatic heterocycles. The highest BCUT2D eigenvalue weighted by Gasteiger charge is 2.16. The van der Waals surface area contributed by atoms with Gasteiger partial charge in [-0.25, -0.2) is 9.78 Å². The summed E-state index contributed by atoms with van der Waals surface area (Å²) >= 11 is 0. The van der Waals surface area contributed by atoms with Crippen LogP contribution in [0.15, 0.2) is 30.3 Å². The Labute approximate surface area is 110 Å². The van der Waals surface area contributed by atoms with Gasteiger partial charge in [0.05, 0.1) is 23.7 Å². The molecule has 0 radical (unpaired) electrons. The zero-order chi connectivity index (χ0) is 13.2. The van der Waals surface area contributed by atoms with Gasteiger partial charge in [-0.05, 0) is 30.7 Å². The number of nitrogens with one attached hydrogen (secondary N) is 1. The summed E-state index contributed by atoms with van der Waals surface area (Å²) in [5.41, 5.74) is 0.963. The maximum atomic E-state index is 11.1. The van der Waals surface area contributed by atoms with Crippen molar-refractivity contribution < 1.29 is 14.6 Å². The molecule has 1 atom stereocenters. The van der Waals surface area contributed by atoms with Crippen LogP contribution in [0.2, 0.25) is 0 Å². The van der Waals surface area contributed by atoms with E-state index in [-0.39, 0.29) is 11.6 Å². The van der Waals surface area contributed by atoms with Crippen LogP contribution >= 0.6 is 0 Å². The van der Waals surface area contributed by atoms with Gasteiger partial charge in [0, 0.05) is 12.0 Å². The molecule has 0 bridgehead atoms. The molecule has 2 aromatic rings. The second-order valence-electron chi connectivity index (χ2n) is 4.58. The number of aromatic nitrogens is 1. The molecule has 5 nitrogen and oxygen atoms in total. The fourth-order valence-corrected chi connectivity index (χ4v) is 2.28. The molecule has 1 saturated heterocycles. The number of anilines is 1. The Hall–Kier alpha value is -2.14. The number of carbonyl (C=O) groups is 1. The number of hydrogen-bond donors (Lipinski definition) is 2. The molecule has 0 spiro atoms. The minimum atomic E-state index is -0.933. The Morgan fingerprint density at radius 1 is 1.37 bits per heavy atom. The number of carboxylic acid groups (broad SMARTS) is 1. The highest BCUT2D eigenvalue weighted by atomic mass is 16.5. The first-order valence-electron chi connectivity index (χ1n) is 6.21. The van der Waals surface area contributed by atoms with E-state index in [1.54, 1.807) is 18.2 Å². The number of rotatable bonds is 3. The van der Waals surface area contributed by atoms with E-state index in [4.69, 9.17) is 9.84 Å². The van der Waals surface area contributed by atoms with E-state index in [1.165, 1.54) is 0 Å². The molecule has 0 aliphatic carbocycles. The number of carboxylic acids is 1. The number of fused-ring (bicyclic) bond motifs is 1. The lowest BCUT2D eigenvalue weighted by atomic mass is 10.1. The minimum Gasteiger partial charge on any atom is -0.478 e. The Kier molecular flexibility index (Phi) is 3.05. The Balaban J connectivity index is 1.94. The highest BCUT2D eigenvalue weighted by Crippen LogP contribution is 2.20. The fraction of sp³-hybridized carbons (Fsp3) is 0.286. The summed E-state index contributed by atoms with van der Waals surface area (Å²) in [5, 5.41) is 13.1. The third-order valence-corrected chi connectivity index (χ3v) is 3.24. The van der Waals surface area contributed by atoms with Crippen LogP contribution in [-0.4, -0.2) is 35.3 Å². The smallest absolute Gasteiger partial charge is 0.336 e. The molecule has 1 unspecified atom stereocenters. The predicted octanol–water partition coefficient (Wildman–Crippen LogP) is 2.13. The third-order valence-electron chi connectivity index (χ3n) is 3.24. The average Bonchev–Trinajstić information content (AvgIpc) is 2.90. The van der Waals surface area contributed by atoms with E-state index in [0.717, 1.165) is 18.8 Å². The van der Waals surface area contributed by atoms with Gasteiger partial charge in [-0.1, -0.05) is 6.07 Å². The van der Waals surface area contributed by atoms with Gasteiger partial charge < -0.3 is 15.2 Å². The zero-order valence-corrected chi connectivity index (χ0v) is 10.3. The summed E-state index contributed by atoms with van der Waals surface area (Å²) in [7, 11) is 0. The minimum absolute atomic E-state index is 0.278. The van der Waals surface area contributed by atoms with Gasteiger partial charge in [0.1, 0.15) is 5.82 Å². The number of hydrogen-bond acceptors (Lipinski definition) is 4. The topological polar surface area (TPSA) is 71.5 Å². The van der Waals surface area contributed by atoms with Gasteiger partial charge in [0.25, 0.3) is 0 Å². The van der Waals surface area contributed by atoms with E-state index in [0.29, 0.717) is 17.5 Å². The van der Waals surface area contributed by atoms with Crippen molar-refractivity contribution in [1.82, 2.24) is 4.98 Å². The number of aromatic carboxylic acids is 1. The molecule has 0 saturated carbocycles. The summed E-state index contributed by atoms with van der Waals surface area (Å²) in [6.45, 7) is 1.46. The van der Waals surface area contributed by atoms with E-state index >= 15 is 0 Å². The van der Waals surface area contributed by atoms with Crippen LogP contribution in [0.4, 0.5) is 5.82 Å². The summed E-state index contributed by atoms with van der Waals surface area (Å²) in [4.78, 5) is 15.6. The first-order valence-corrected chi connectivity index (χ1v) is 6.21. The monoisotopic (exact) mass is 258 g/mol. The lowest BCUT2D eigenvalue weighted by molar-refractivity contribution is 0.0699. The molecule has 1 aliphatic rings. The van der Waals surface area contributed by atoms with Crippen molar-refractivity contribution >= 4 is 22.7 Å². The average molecular weight is 258 g/mol. The van der Waals surface area contributed by atoms with E-state index in [9.17, 15) is 4.79 Å². The summed E-state index contributed by atoms with van der Waals surface area (Å²) in [6.07, 6.45) is 0.967. The van der Waals surface area contributed by atoms with Crippen LogP contribution in [-0.2, 0) is 4.74 Å². The Bertz CT molecular complexity index is 621. The fourth-order valence-electron chi connectivity index (χ4n) is 2.28. The summed E-state index contributed by atoms with van der Waals surface area (Å²) in [5.74, 6) is -0.178. The van der Waals surface area contributed by atoms with Gasteiger partial charge in [0.15, 0.2) is 0 Å². The molecule has 5 heteroatoms. The summed E-state index contributed by atoms with van der Waals surface area (Å²) < 4.78 is 5.30. The lowest BCUT2D eigenvalue weighted by Gasteiger charge is -2.12. The Morgan fingerprint density at radius 3 is 3.00 bits per heavy atom. The second kappa shape index (κ2) is 4.85. The summed E-state index contributed by atoms with van der Waals surface area (Å²) in [6, 6.07) is 9.01. The standard InChI is InChI=1S/C14H14N2O3/c17-14(18)11-2-1-3-12-10(11)4-5-13(16-12)15-9-6-7-19-8-9/h1-5,9H,6-8H2,(H,15,16)(H,17,18). The van der Waals surface area contributed by atoms with E-state index < -0.39 is 5.97 Å². The van der Waals surface area contributed by atoms with E-state index in [2.05, 4.69) is 10.3 Å². The van der Waals surface area contributed by atoms with Crippen LogP contribution in [0.1, 0.15) is 16.8 Å². The van der Waals surface area contributed by atoms with Crippen LogP contribution in [0.3, 0.4) is 0 Å². The largest absolute Gasteiger partial charge is 0.478 e. The van der Waals surface area contributed by atoms with E-state index in [1.807, 2.05) is 12.1 Å². The second-order valence-corrected chi connectivity index (χ2v) is 4.58. The van der Waals surface area contributed by atoms with Gasteiger partial charge in [0.2, 0.25) is 0 Å². The molecule has 98 valence electrons. The van der Waals surface area contributed by atoms with Crippen molar-refractivity contribution in [2.45, 2.75) is 12.5 Å². The van der Waals surface area contributed by atoms with Crippen molar-refractivity contribution in [1.29, 1.82) is 0 Å². The maximum Gasteiger partial charge on any atom is 0.336 e. The predicted molar refractivity (Wildman–Crippen MR) is 71.5 cm³/mol. The molecule has 2 N–H and O–H groups in total. The Morgan fingerprint density at radius 2 is 2.26 bits per heavy atom. The third kappa shape index (κ3) is 2.37. The SMILES string of the molecule is O=C(O)c1cccc2nc(NC3CCOC3)ccc12. The van der Waals surface area contributed by atoms with Gasteiger partial charge in [-0.3, -0.25) is 0 Å². The zero-order valence-electron chi connectivity index (χ0n) is 10.3. The lowest BCUT2D eigenvalue weighted by Crippen LogP contribution is -2.19. The van der Waals surface area contributed by atoms with Crippen molar-refractivity contribution in [2.24, 2.45) is 0 Å². The van der Waals surface area contributed by atoms with Crippen molar-refractivity contribution in [3.05, 3.63) is 35.9 Å². The van der Waals surface area contributed by atoms with Gasteiger partial charge in [-0.2, -0.15) is 0 Å². The molecular weight excluding hydrogens is 244 g/mol. The van der Waals surface area contributed by atoms with Crippen molar-refractivity contribution in [3.8, 4) is 0 Å². The molecule has 19 heavy (non-hydrogen) atoms. The van der Waals surface area contributed by atoms with Gasteiger partial charge >= 0.3 is 5.97 Å². The maximum absolute atomic E-state index is 11.1. The molecular formula is C14H14N2O3. The van der Waals surface area contributed by atoms with Crippen LogP contribution < -0.4 is 5.32 Å². The highest BCUT2D eigenvalue weighted by molar-refractivity contribution is 6.02. The number of ether oxygens (including phenoxy) is 1. The molecule has 3 rings (SSSR count). The van der Waals surface area contributed by atoms with Crippen LogP contribution in [0.5, 0.6) is 0 Å². The van der Waals surface area contributed by atoms with Crippen LogP contribution in [0, 0.1) is 0 Å². The molecule has 2 heterocycles. The molecule has 1 fully saturated rings. The molecule has 1 aliphatic heterocycles. The molecule has 1 aromatic carbocycles. The quantitative estimate of drug-likeness (QED) is 0.882. The normalized spacial score (nSPS) is 18.6. The van der Waals surface area contributed by atoms with Crippen molar-refractivity contribution in [3.63, 3.8) is 0 Å². The number of pyridine rings is 1. The first-order chi connectivity index (χ1) is 9.24. The van der Waals surface area contributed by atoms with Gasteiger partial charge in [-0.15, -0.1) is 0 Å². The molecule has 0 amide bonds. The van der Waals surface area contributed by atoms with Crippen LogP contribution in [0.25, 0.3) is 10.9 Å².